The molecule has 0 saturated carbocycles. The van der Waals surface area contributed by atoms with Crippen molar-refractivity contribution in [2.24, 2.45) is 0 Å². The van der Waals surface area contributed by atoms with Gasteiger partial charge >= 0.3 is 5.97 Å². The molecule has 2 amide bonds. The molecule has 1 atom stereocenters. The number of hydrogen-bond acceptors (Lipinski definition) is 5. The first kappa shape index (κ1) is 19.8. The number of carbonyl (C=O) groups is 3. The number of carbonyl (C=O) groups excluding carboxylic acids is 3. The SMILES string of the molecule is C[C@H](OC(=O)CNC(=O)c1ccc(Cl)cc1Cl)C(=O)NCc1ccco1. The van der Waals surface area contributed by atoms with Gasteiger partial charge in [-0.1, -0.05) is 23.2 Å². The van der Waals surface area contributed by atoms with Gasteiger partial charge in [0.25, 0.3) is 11.8 Å². The molecule has 0 bridgehead atoms. The first-order valence-corrected chi connectivity index (χ1v) is 8.35. The zero-order valence-corrected chi connectivity index (χ0v) is 15.3. The number of esters is 1. The number of furan rings is 1. The summed E-state index contributed by atoms with van der Waals surface area (Å²) in [7, 11) is 0. The van der Waals surface area contributed by atoms with Gasteiger partial charge in [-0.05, 0) is 37.3 Å². The minimum Gasteiger partial charge on any atom is -0.467 e. The van der Waals surface area contributed by atoms with Crippen LogP contribution in [0.5, 0.6) is 0 Å². The van der Waals surface area contributed by atoms with E-state index >= 15 is 0 Å². The number of nitrogens with one attached hydrogen (secondary N) is 2. The van der Waals surface area contributed by atoms with E-state index in [1.54, 1.807) is 12.1 Å². The molecule has 138 valence electrons. The lowest BCUT2D eigenvalue weighted by Gasteiger charge is -2.13. The fraction of sp³-hybridized carbons (Fsp3) is 0.235. The quantitative estimate of drug-likeness (QED) is 0.698. The molecule has 0 aliphatic heterocycles. The molecular weight excluding hydrogens is 383 g/mol. The zero-order valence-electron chi connectivity index (χ0n) is 13.8. The van der Waals surface area contributed by atoms with Crippen LogP contribution in [0.2, 0.25) is 10.0 Å². The van der Waals surface area contributed by atoms with Gasteiger partial charge < -0.3 is 19.8 Å². The third kappa shape index (κ3) is 5.79. The first-order chi connectivity index (χ1) is 12.4. The van der Waals surface area contributed by atoms with Crippen molar-refractivity contribution in [1.82, 2.24) is 10.6 Å². The van der Waals surface area contributed by atoms with Crippen molar-refractivity contribution >= 4 is 41.0 Å². The summed E-state index contributed by atoms with van der Waals surface area (Å²) in [6.45, 7) is 1.19. The Morgan fingerprint density at radius 2 is 1.96 bits per heavy atom. The minimum absolute atomic E-state index is 0.161. The van der Waals surface area contributed by atoms with Crippen LogP contribution in [-0.4, -0.2) is 30.4 Å². The smallest absolute Gasteiger partial charge is 0.326 e. The van der Waals surface area contributed by atoms with Crippen LogP contribution in [-0.2, 0) is 20.9 Å². The molecule has 0 unspecified atom stereocenters. The van der Waals surface area contributed by atoms with Crippen molar-refractivity contribution in [3.05, 3.63) is 58.0 Å². The van der Waals surface area contributed by atoms with E-state index in [0.717, 1.165) is 0 Å². The Hall–Kier alpha value is -2.51. The summed E-state index contributed by atoms with van der Waals surface area (Å²) in [5.41, 5.74) is 0.174. The Morgan fingerprint density at radius 1 is 1.19 bits per heavy atom. The Balaban J connectivity index is 1.76. The molecule has 2 rings (SSSR count). The standard InChI is InChI=1S/C17H16Cl2N2O5/c1-10(16(23)20-8-12-3-2-6-25-12)26-15(22)9-21-17(24)13-5-4-11(18)7-14(13)19/h2-7,10H,8-9H2,1H3,(H,20,23)(H,21,24)/t10-/m0/s1. The third-order valence-electron chi connectivity index (χ3n) is 3.26. The van der Waals surface area contributed by atoms with Crippen LogP contribution in [0.25, 0.3) is 0 Å². The van der Waals surface area contributed by atoms with Gasteiger partial charge in [-0.25, -0.2) is 0 Å². The van der Waals surface area contributed by atoms with Crippen LogP contribution >= 0.6 is 23.2 Å². The van der Waals surface area contributed by atoms with E-state index in [9.17, 15) is 14.4 Å². The van der Waals surface area contributed by atoms with Crippen molar-refractivity contribution in [3.63, 3.8) is 0 Å². The lowest BCUT2D eigenvalue weighted by atomic mass is 10.2. The fourth-order valence-electron chi connectivity index (χ4n) is 1.94. The van der Waals surface area contributed by atoms with E-state index in [1.165, 1.54) is 31.4 Å². The molecule has 0 radical (unpaired) electrons. The van der Waals surface area contributed by atoms with Gasteiger partial charge in [0.2, 0.25) is 0 Å². The van der Waals surface area contributed by atoms with Crippen molar-refractivity contribution in [3.8, 4) is 0 Å². The highest BCUT2D eigenvalue weighted by Gasteiger charge is 2.19. The maximum atomic E-state index is 12.0. The molecule has 2 N–H and O–H groups in total. The van der Waals surface area contributed by atoms with Gasteiger partial charge in [0.1, 0.15) is 12.3 Å². The number of benzene rings is 1. The predicted molar refractivity (Wildman–Crippen MR) is 94.9 cm³/mol. The van der Waals surface area contributed by atoms with Crippen LogP contribution in [0.4, 0.5) is 0 Å². The van der Waals surface area contributed by atoms with Gasteiger partial charge in [-0.3, -0.25) is 14.4 Å². The molecular formula is C17H16Cl2N2O5. The normalized spacial score (nSPS) is 11.5. The van der Waals surface area contributed by atoms with Crippen LogP contribution in [0.3, 0.4) is 0 Å². The molecule has 7 nitrogen and oxygen atoms in total. The average molecular weight is 399 g/mol. The molecule has 2 aromatic rings. The van der Waals surface area contributed by atoms with Crippen molar-refractivity contribution in [1.29, 1.82) is 0 Å². The molecule has 1 aromatic heterocycles. The van der Waals surface area contributed by atoms with Crippen LogP contribution < -0.4 is 10.6 Å². The van der Waals surface area contributed by atoms with E-state index in [1.807, 2.05) is 0 Å². The first-order valence-electron chi connectivity index (χ1n) is 7.59. The molecule has 0 fully saturated rings. The Bertz CT molecular complexity index is 792. The molecule has 0 aliphatic rings. The monoisotopic (exact) mass is 398 g/mol. The van der Waals surface area contributed by atoms with E-state index < -0.39 is 30.4 Å². The molecule has 0 saturated heterocycles. The summed E-state index contributed by atoms with van der Waals surface area (Å²) < 4.78 is 10.0. The molecule has 0 spiro atoms. The van der Waals surface area contributed by atoms with Crippen molar-refractivity contribution in [2.45, 2.75) is 19.6 Å². The molecule has 1 aromatic carbocycles. The minimum atomic E-state index is -1.02. The summed E-state index contributed by atoms with van der Waals surface area (Å²) in [6.07, 6.45) is 0.467. The summed E-state index contributed by atoms with van der Waals surface area (Å²) in [6, 6.07) is 7.76. The third-order valence-corrected chi connectivity index (χ3v) is 3.81. The Morgan fingerprint density at radius 3 is 2.62 bits per heavy atom. The second kappa shape index (κ2) is 9.26. The van der Waals surface area contributed by atoms with Gasteiger partial charge in [0.05, 0.1) is 23.4 Å². The van der Waals surface area contributed by atoms with Crippen LogP contribution in [0.1, 0.15) is 23.0 Å². The summed E-state index contributed by atoms with van der Waals surface area (Å²) in [5, 5.41) is 5.49. The molecule has 9 heteroatoms. The van der Waals surface area contributed by atoms with Crippen LogP contribution in [0, 0.1) is 0 Å². The lowest BCUT2D eigenvalue weighted by molar-refractivity contribution is -0.153. The number of hydrogen-bond donors (Lipinski definition) is 2. The number of amides is 2. The van der Waals surface area contributed by atoms with E-state index in [-0.39, 0.29) is 17.1 Å². The predicted octanol–water partition coefficient (Wildman–Crippen LogP) is 2.56. The zero-order chi connectivity index (χ0) is 19.1. The van der Waals surface area contributed by atoms with Gasteiger partial charge in [0, 0.05) is 5.02 Å². The van der Waals surface area contributed by atoms with E-state index in [4.69, 9.17) is 32.4 Å². The van der Waals surface area contributed by atoms with Gasteiger partial charge in [-0.2, -0.15) is 0 Å². The largest absolute Gasteiger partial charge is 0.467 e. The lowest BCUT2D eigenvalue weighted by Crippen LogP contribution is -2.38. The van der Waals surface area contributed by atoms with Gasteiger partial charge in [-0.15, -0.1) is 0 Å². The van der Waals surface area contributed by atoms with Crippen LogP contribution in [0.15, 0.2) is 41.0 Å². The Kier molecular flexibility index (Phi) is 7.06. The Labute approximate surface area is 159 Å². The molecule has 26 heavy (non-hydrogen) atoms. The highest BCUT2D eigenvalue weighted by molar-refractivity contribution is 6.36. The topological polar surface area (TPSA) is 97.6 Å². The van der Waals surface area contributed by atoms with Gasteiger partial charge in [0.15, 0.2) is 6.10 Å². The fourth-order valence-corrected chi connectivity index (χ4v) is 2.44. The number of ether oxygens (including phenoxy) is 1. The highest BCUT2D eigenvalue weighted by Crippen LogP contribution is 2.20. The van der Waals surface area contributed by atoms with E-state index in [0.29, 0.717) is 10.8 Å². The maximum Gasteiger partial charge on any atom is 0.326 e. The number of halogens is 2. The molecule has 1 heterocycles. The maximum absolute atomic E-state index is 12.0. The highest BCUT2D eigenvalue weighted by atomic mass is 35.5. The molecule has 0 aliphatic carbocycles. The second-order valence-electron chi connectivity index (χ2n) is 5.24. The van der Waals surface area contributed by atoms with E-state index in [2.05, 4.69) is 10.6 Å². The summed E-state index contributed by atoms with van der Waals surface area (Å²) >= 11 is 11.7. The number of rotatable bonds is 7. The van der Waals surface area contributed by atoms with Crippen molar-refractivity contribution in [2.75, 3.05) is 6.54 Å². The second-order valence-corrected chi connectivity index (χ2v) is 6.08. The summed E-state index contributed by atoms with van der Waals surface area (Å²) in [5.74, 6) is -1.23. The van der Waals surface area contributed by atoms with Crippen molar-refractivity contribution < 1.29 is 23.5 Å². The summed E-state index contributed by atoms with van der Waals surface area (Å²) in [4.78, 5) is 35.6. The average Bonchev–Trinajstić information content (AvgIpc) is 3.11.